The molecular formula is C21H17FN2O2S. The highest BCUT2D eigenvalue weighted by Crippen LogP contribution is 2.31. The molecule has 6 heteroatoms. The van der Waals surface area contributed by atoms with Gasteiger partial charge in [0.15, 0.2) is 0 Å². The minimum absolute atomic E-state index is 0.0504. The monoisotopic (exact) mass is 380 g/mol. The lowest BCUT2D eigenvalue weighted by Gasteiger charge is -2.14. The number of aliphatic carboxylic acids is 1. The first-order valence-electron chi connectivity index (χ1n) is 8.57. The second-order valence-electron chi connectivity index (χ2n) is 6.33. The topological polar surface area (TPSA) is 55.1 Å². The molecule has 0 saturated heterocycles. The number of aryl methyl sites for hydroxylation is 2. The Morgan fingerprint density at radius 3 is 2.67 bits per heavy atom. The van der Waals surface area contributed by atoms with Crippen LogP contribution >= 0.6 is 11.3 Å². The molecule has 2 aromatic carbocycles. The standard InChI is InChI=1S/C21H17FN2O2S/c1-13-23-18-9-6-17(12-20(18)27-13)24-16(8-11-21(25)26)7-10-19(24)14-2-4-15(22)5-3-14/h2-7,9-10,12H,8,11H2,1H3,(H,25,26). The third-order valence-corrected chi connectivity index (χ3v) is 5.37. The molecule has 0 unspecified atom stereocenters. The molecule has 4 rings (SSSR count). The van der Waals surface area contributed by atoms with Crippen molar-refractivity contribution in [3.05, 3.63) is 71.1 Å². The molecule has 0 radical (unpaired) electrons. The van der Waals surface area contributed by atoms with Gasteiger partial charge >= 0.3 is 5.97 Å². The molecule has 136 valence electrons. The molecule has 2 heterocycles. The molecule has 0 saturated carbocycles. The van der Waals surface area contributed by atoms with Crippen molar-refractivity contribution in [3.8, 4) is 16.9 Å². The summed E-state index contributed by atoms with van der Waals surface area (Å²) in [6.07, 6.45) is 0.463. The molecule has 0 aliphatic carbocycles. The van der Waals surface area contributed by atoms with E-state index in [1.807, 2.05) is 35.8 Å². The van der Waals surface area contributed by atoms with Crippen molar-refractivity contribution < 1.29 is 14.3 Å². The summed E-state index contributed by atoms with van der Waals surface area (Å²) in [4.78, 5) is 15.6. The van der Waals surface area contributed by atoms with Crippen molar-refractivity contribution in [1.29, 1.82) is 0 Å². The first kappa shape index (κ1) is 17.4. The summed E-state index contributed by atoms with van der Waals surface area (Å²) >= 11 is 1.62. The lowest BCUT2D eigenvalue weighted by molar-refractivity contribution is -0.136. The number of benzene rings is 2. The summed E-state index contributed by atoms with van der Waals surface area (Å²) < 4.78 is 16.5. The largest absolute Gasteiger partial charge is 0.481 e. The molecule has 0 amide bonds. The van der Waals surface area contributed by atoms with Crippen molar-refractivity contribution in [3.63, 3.8) is 0 Å². The number of thiazole rings is 1. The van der Waals surface area contributed by atoms with Gasteiger partial charge in [-0.15, -0.1) is 11.3 Å². The molecule has 4 aromatic rings. The fraction of sp³-hybridized carbons (Fsp3) is 0.143. The van der Waals surface area contributed by atoms with Crippen molar-refractivity contribution in [2.24, 2.45) is 0 Å². The Bertz CT molecular complexity index is 1130. The summed E-state index contributed by atoms with van der Waals surface area (Å²) in [7, 11) is 0. The van der Waals surface area contributed by atoms with Crippen LogP contribution in [-0.2, 0) is 11.2 Å². The zero-order valence-electron chi connectivity index (χ0n) is 14.6. The Morgan fingerprint density at radius 1 is 1.15 bits per heavy atom. The van der Waals surface area contributed by atoms with Crippen molar-refractivity contribution in [2.45, 2.75) is 19.8 Å². The van der Waals surface area contributed by atoms with Crippen molar-refractivity contribution >= 4 is 27.5 Å². The molecule has 0 aliphatic heterocycles. The molecule has 0 bridgehead atoms. The molecule has 4 nitrogen and oxygen atoms in total. The van der Waals surface area contributed by atoms with Gasteiger partial charge in [-0.1, -0.05) is 0 Å². The number of carbonyl (C=O) groups is 1. The van der Waals surface area contributed by atoms with Gasteiger partial charge in [-0.3, -0.25) is 4.79 Å². The lowest BCUT2D eigenvalue weighted by Crippen LogP contribution is -2.05. The molecule has 0 spiro atoms. The van der Waals surface area contributed by atoms with E-state index in [0.29, 0.717) is 6.42 Å². The van der Waals surface area contributed by atoms with Gasteiger partial charge in [0, 0.05) is 11.4 Å². The third-order valence-electron chi connectivity index (χ3n) is 4.43. The van der Waals surface area contributed by atoms with E-state index < -0.39 is 5.97 Å². The van der Waals surface area contributed by atoms with E-state index in [0.717, 1.165) is 37.9 Å². The maximum Gasteiger partial charge on any atom is 0.303 e. The van der Waals surface area contributed by atoms with Crippen molar-refractivity contribution in [1.82, 2.24) is 9.55 Å². The van der Waals surface area contributed by atoms with Gasteiger partial charge in [-0.2, -0.15) is 0 Å². The van der Waals surface area contributed by atoms with Crippen LogP contribution in [0.15, 0.2) is 54.6 Å². The second kappa shape index (κ2) is 6.96. The van der Waals surface area contributed by atoms with Crippen LogP contribution in [-0.4, -0.2) is 20.6 Å². The summed E-state index contributed by atoms with van der Waals surface area (Å²) in [5, 5.41) is 10.1. The minimum Gasteiger partial charge on any atom is -0.481 e. The van der Waals surface area contributed by atoms with Gasteiger partial charge in [-0.25, -0.2) is 9.37 Å². The van der Waals surface area contributed by atoms with E-state index in [1.165, 1.54) is 12.1 Å². The number of carboxylic acids is 1. The van der Waals surface area contributed by atoms with E-state index in [9.17, 15) is 9.18 Å². The zero-order valence-corrected chi connectivity index (χ0v) is 15.5. The van der Waals surface area contributed by atoms with Crippen LogP contribution in [0.25, 0.3) is 27.2 Å². The first-order valence-corrected chi connectivity index (χ1v) is 9.39. The quantitative estimate of drug-likeness (QED) is 0.516. The zero-order chi connectivity index (χ0) is 19.0. The number of hydrogen-bond acceptors (Lipinski definition) is 3. The summed E-state index contributed by atoms with van der Waals surface area (Å²) in [5.74, 6) is -1.12. The van der Waals surface area contributed by atoms with Crippen LogP contribution in [0, 0.1) is 12.7 Å². The van der Waals surface area contributed by atoms with Crippen LogP contribution in [0.5, 0.6) is 0 Å². The van der Waals surface area contributed by atoms with Crippen molar-refractivity contribution in [2.75, 3.05) is 0 Å². The summed E-state index contributed by atoms with van der Waals surface area (Å²) in [6, 6.07) is 16.2. The van der Waals surface area contributed by atoms with E-state index in [4.69, 9.17) is 5.11 Å². The van der Waals surface area contributed by atoms with Gasteiger partial charge in [0.05, 0.1) is 27.3 Å². The van der Waals surface area contributed by atoms with E-state index in [2.05, 4.69) is 11.1 Å². The maximum atomic E-state index is 13.3. The lowest BCUT2D eigenvalue weighted by atomic mass is 10.1. The predicted octanol–water partition coefficient (Wildman–Crippen LogP) is 5.22. The first-order chi connectivity index (χ1) is 13.0. The number of aromatic nitrogens is 2. The predicted molar refractivity (Wildman–Crippen MR) is 105 cm³/mol. The number of hydrogen-bond donors (Lipinski definition) is 1. The molecule has 0 fully saturated rings. The highest BCUT2D eigenvalue weighted by atomic mass is 32.1. The highest BCUT2D eigenvalue weighted by Gasteiger charge is 2.14. The van der Waals surface area contributed by atoms with Crippen LogP contribution in [0.2, 0.25) is 0 Å². The summed E-state index contributed by atoms with van der Waals surface area (Å²) in [5.41, 5.74) is 4.56. The molecule has 1 N–H and O–H groups in total. The Morgan fingerprint density at radius 2 is 1.93 bits per heavy atom. The Kier molecular flexibility index (Phi) is 4.49. The average Bonchev–Trinajstić information content (AvgIpc) is 3.22. The molecule has 2 aromatic heterocycles. The smallest absolute Gasteiger partial charge is 0.303 e. The average molecular weight is 380 g/mol. The number of rotatable bonds is 5. The SMILES string of the molecule is Cc1nc2ccc(-n3c(CCC(=O)O)ccc3-c3ccc(F)cc3)cc2s1. The Labute approximate surface area is 159 Å². The van der Waals surface area contributed by atoms with Gasteiger partial charge < -0.3 is 9.67 Å². The number of nitrogens with zero attached hydrogens (tertiary/aromatic N) is 2. The fourth-order valence-electron chi connectivity index (χ4n) is 3.23. The number of halogens is 1. The fourth-order valence-corrected chi connectivity index (χ4v) is 4.09. The minimum atomic E-state index is -0.834. The van der Waals surface area contributed by atoms with Crippen LogP contribution in [0.4, 0.5) is 4.39 Å². The van der Waals surface area contributed by atoms with Gasteiger partial charge in [-0.05, 0) is 73.5 Å². The Balaban J connectivity index is 1.87. The molecule has 0 aliphatic rings. The van der Waals surface area contributed by atoms with E-state index in [1.54, 1.807) is 23.5 Å². The molecule has 27 heavy (non-hydrogen) atoms. The van der Waals surface area contributed by atoms with Gasteiger partial charge in [0.25, 0.3) is 0 Å². The van der Waals surface area contributed by atoms with Crippen LogP contribution < -0.4 is 0 Å². The third kappa shape index (κ3) is 3.48. The molecular weight excluding hydrogens is 363 g/mol. The highest BCUT2D eigenvalue weighted by molar-refractivity contribution is 7.18. The normalized spacial score (nSPS) is 11.2. The van der Waals surface area contributed by atoms with E-state index in [-0.39, 0.29) is 12.2 Å². The van der Waals surface area contributed by atoms with E-state index >= 15 is 0 Å². The van der Waals surface area contributed by atoms with Crippen LogP contribution in [0.1, 0.15) is 17.1 Å². The number of fused-ring (bicyclic) bond motifs is 1. The second-order valence-corrected chi connectivity index (χ2v) is 7.57. The van der Waals surface area contributed by atoms with Gasteiger partial charge in [0.1, 0.15) is 5.82 Å². The van der Waals surface area contributed by atoms with Gasteiger partial charge in [0.2, 0.25) is 0 Å². The number of carboxylic acid groups (broad SMARTS) is 1. The Hall–Kier alpha value is -2.99. The maximum absolute atomic E-state index is 13.3. The van der Waals surface area contributed by atoms with Crippen LogP contribution in [0.3, 0.4) is 0 Å². The summed E-state index contributed by atoms with van der Waals surface area (Å²) in [6.45, 7) is 1.97. The molecule has 0 atom stereocenters.